The SMILES string of the molecule is C[N+](=O)NCO[C@@H]1O[C@H](CO[C@@H]2O[C@H](CO)[C@@H](O)[C@H](O)[C@H]2O)[C@@H](O)[C@H](O)[C@H]1O. The molecule has 0 aromatic carbocycles. The van der Waals surface area contributed by atoms with Crippen LogP contribution in [0.15, 0.2) is 0 Å². The van der Waals surface area contributed by atoms with Gasteiger partial charge in [-0.25, -0.2) is 0 Å². The van der Waals surface area contributed by atoms with Crippen LogP contribution in [-0.4, -0.2) is 129 Å². The fourth-order valence-electron chi connectivity index (χ4n) is 2.80. The first-order chi connectivity index (χ1) is 13.2. The maximum atomic E-state index is 10.8. The lowest BCUT2D eigenvalue weighted by Gasteiger charge is -2.42. The first kappa shape index (κ1) is 23.2. The van der Waals surface area contributed by atoms with Crippen molar-refractivity contribution in [1.29, 1.82) is 0 Å². The molecule has 2 rings (SSSR count). The minimum atomic E-state index is -1.66. The minimum Gasteiger partial charge on any atom is -0.394 e. The van der Waals surface area contributed by atoms with Crippen molar-refractivity contribution < 1.29 is 59.6 Å². The summed E-state index contributed by atoms with van der Waals surface area (Å²) in [6.45, 7) is -1.47. The number of hydrogen-bond donors (Lipinski definition) is 8. The Labute approximate surface area is 159 Å². The van der Waals surface area contributed by atoms with Crippen LogP contribution in [0, 0.1) is 4.91 Å². The van der Waals surface area contributed by atoms with Crippen LogP contribution in [0.25, 0.3) is 0 Å². The van der Waals surface area contributed by atoms with Gasteiger partial charge in [0.15, 0.2) is 19.3 Å². The molecule has 2 saturated heterocycles. The second kappa shape index (κ2) is 10.1. The number of hydrazine groups is 1. The molecule has 164 valence electrons. The van der Waals surface area contributed by atoms with Crippen LogP contribution < -0.4 is 5.43 Å². The van der Waals surface area contributed by atoms with Gasteiger partial charge in [-0.05, 0) is 0 Å². The van der Waals surface area contributed by atoms with Crippen molar-refractivity contribution in [2.24, 2.45) is 0 Å². The van der Waals surface area contributed by atoms with Gasteiger partial charge in [0.25, 0.3) is 0 Å². The molecule has 28 heavy (non-hydrogen) atoms. The smallest absolute Gasteiger partial charge is 0.216 e. The van der Waals surface area contributed by atoms with Crippen molar-refractivity contribution in [3.8, 4) is 0 Å². The molecule has 8 N–H and O–H groups in total. The highest BCUT2D eigenvalue weighted by Gasteiger charge is 2.47. The first-order valence-electron chi connectivity index (χ1n) is 8.55. The van der Waals surface area contributed by atoms with Gasteiger partial charge in [-0.3, -0.25) is 0 Å². The van der Waals surface area contributed by atoms with Gasteiger partial charge >= 0.3 is 0 Å². The second-order valence-corrected chi connectivity index (χ2v) is 6.51. The van der Waals surface area contributed by atoms with Crippen LogP contribution in [0.5, 0.6) is 0 Å². The zero-order chi connectivity index (χ0) is 21.0. The highest BCUT2D eigenvalue weighted by molar-refractivity contribution is 4.91. The number of nitroso groups, excluding NO2 is 1. The Kier molecular flexibility index (Phi) is 8.41. The van der Waals surface area contributed by atoms with Crippen molar-refractivity contribution in [3.05, 3.63) is 4.91 Å². The van der Waals surface area contributed by atoms with E-state index in [4.69, 9.17) is 24.1 Å². The molecule has 0 saturated carbocycles. The maximum Gasteiger partial charge on any atom is 0.216 e. The number of aliphatic hydroxyl groups is 7. The molecule has 0 unspecified atom stereocenters. The van der Waals surface area contributed by atoms with Gasteiger partial charge in [-0.15, -0.1) is 5.43 Å². The molecule has 2 aliphatic heterocycles. The monoisotopic (exact) mass is 415 g/mol. The van der Waals surface area contributed by atoms with Crippen LogP contribution in [0.1, 0.15) is 0 Å². The standard InChI is InChI=1S/C14H27N2O12/c1-16(24)15-4-26-14-12(23)10(21)8(19)6(28-14)3-25-13-11(22)9(20)7(18)5(2-17)27-13/h5-14,17-23H,2-4H2,1H3,(H,15,24)/q+1/t5-,6-,7-,8-,9+,10+,11-,12-,13-,14-/m1/s1. The molecule has 0 aromatic heterocycles. The zero-order valence-corrected chi connectivity index (χ0v) is 15.0. The maximum absolute atomic E-state index is 10.8. The van der Waals surface area contributed by atoms with Gasteiger partial charge in [0, 0.05) is 0 Å². The molecule has 0 spiro atoms. The third-order valence-electron chi connectivity index (χ3n) is 4.48. The fourth-order valence-corrected chi connectivity index (χ4v) is 2.80. The molecule has 2 heterocycles. The molecule has 0 amide bonds. The predicted molar refractivity (Wildman–Crippen MR) is 85.0 cm³/mol. The fraction of sp³-hybridized carbons (Fsp3) is 1.00. The van der Waals surface area contributed by atoms with E-state index in [9.17, 15) is 35.5 Å². The van der Waals surface area contributed by atoms with Gasteiger partial charge in [0.2, 0.25) is 7.05 Å². The van der Waals surface area contributed by atoms with E-state index in [1.165, 1.54) is 0 Å². The summed E-state index contributed by atoms with van der Waals surface area (Å²) in [6.07, 6.45) is -15.0. The molecular formula is C14H27N2O12+. The number of rotatable bonds is 8. The Hall–Kier alpha value is -1.04. The van der Waals surface area contributed by atoms with E-state index in [2.05, 4.69) is 5.43 Å². The van der Waals surface area contributed by atoms with E-state index in [0.29, 0.717) is 4.87 Å². The number of nitrogens with zero attached hydrogens (tertiary/aromatic N) is 1. The molecule has 0 aliphatic carbocycles. The zero-order valence-electron chi connectivity index (χ0n) is 15.0. The number of aliphatic hydroxyl groups excluding tert-OH is 7. The number of ether oxygens (including phenoxy) is 4. The average Bonchev–Trinajstić information content (AvgIpc) is 2.66. The van der Waals surface area contributed by atoms with E-state index in [1.807, 2.05) is 0 Å². The van der Waals surface area contributed by atoms with Gasteiger partial charge in [0.05, 0.1) is 18.1 Å². The summed E-state index contributed by atoms with van der Waals surface area (Å²) in [5.74, 6) is 0. The summed E-state index contributed by atoms with van der Waals surface area (Å²) in [5.41, 5.74) is 2.22. The normalized spacial score (nSPS) is 44.3. The molecule has 0 bridgehead atoms. The lowest BCUT2D eigenvalue weighted by Crippen LogP contribution is -2.62. The molecule has 0 aromatic rings. The topological polar surface area (TPSA) is 211 Å². The van der Waals surface area contributed by atoms with E-state index in [1.54, 1.807) is 0 Å². The van der Waals surface area contributed by atoms with Crippen LogP contribution >= 0.6 is 0 Å². The minimum absolute atomic E-state index is 0.347. The molecular weight excluding hydrogens is 388 g/mol. The summed E-state index contributed by atoms with van der Waals surface area (Å²) in [7, 11) is 1.16. The third kappa shape index (κ3) is 5.31. The lowest BCUT2D eigenvalue weighted by molar-refractivity contribution is -0.588. The summed E-state index contributed by atoms with van der Waals surface area (Å²) < 4.78 is 20.8. The van der Waals surface area contributed by atoms with Gasteiger partial charge < -0.3 is 54.7 Å². The highest BCUT2D eigenvalue weighted by Crippen LogP contribution is 2.25. The predicted octanol–water partition coefficient (Wildman–Crippen LogP) is -5.50. The summed E-state index contributed by atoms with van der Waals surface area (Å²) >= 11 is 0. The number of hydrogen-bond acceptors (Lipinski definition) is 12. The summed E-state index contributed by atoms with van der Waals surface area (Å²) in [5, 5.41) is 68.5. The number of nitrogens with one attached hydrogen (secondary N) is 1. The van der Waals surface area contributed by atoms with Crippen molar-refractivity contribution >= 4 is 0 Å². The van der Waals surface area contributed by atoms with E-state index < -0.39 is 74.6 Å². The molecule has 14 heteroatoms. The van der Waals surface area contributed by atoms with Crippen LogP contribution in [-0.2, 0) is 18.9 Å². The Bertz CT molecular complexity index is 511. The largest absolute Gasteiger partial charge is 0.394 e. The highest BCUT2D eigenvalue weighted by atomic mass is 16.7. The van der Waals surface area contributed by atoms with E-state index in [-0.39, 0.29) is 6.73 Å². The quantitative estimate of drug-likeness (QED) is 0.106. The van der Waals surface area contributed by atoms with E-state index in [0.717, 1.165) is 7.05 Å². The Morgan fingerprint density at radius 1 is 0.821 bits per heavy atom. The molecule has 10 atom stereocenters. The van der Waals surface area contributed by atoms with Gasteiger partial charge in [-0.1, -0.05) is 0 Å². The van der Waals surface area contributed by atoms with Crippen molar-refractivity contribution in [2.75, 3.05) is 27.0 Å². The Balaban J connectivity index is 1.94. The van der Waals surface area contributed by atoms with Gasteiger partial charge in [-0.2, -0.15) is 0 Å². The van der Waals surface area contributed by atoms with Crippen molar-refractivity contribution in [2.45, 2.75) is 61.4 Å². The summed E-state index contributed by atoms with van der Waals surface area (Å²) in [6, 6.07) is 0. The third-order valence-corrected chi connectivity index (χ3v) is 4.48. The van der Waals surface area contributed by atoms with Crippen molar-refractivity contribution in [1.82, 2.24) is 5.43 Å². The second-order valence-electron chi connectivity index (χ2n) is 6.51. The van der Waals surface area contributed by atoms with E-state index >= 15 is 0 Å². The first-order valence-corrected chi connectivity index (χ1v) is 8.55. The molecule has 0 radical (unpaired) electrons. The Morgan fingerprint density at radius 3 is 1.86 bits per heavy atom. The molecule has 2 aliphatic rings. The van der Waals surface area contributed by atoms with Gasteiger partial charge in [0.1, 0.15) is 53.7 Å². The van der Waals surface area contributed by atoms with Crippen molar-refractivity contribution in [3.63, 3.8) is 0 Å². The average molecular weight is 415 g/mol. The van der Waals surface area contributed by atoms with Crippen LogP contribution in [0.4, 0.5) is 0 Å². The van der Waals surface area contributed by atoms with Crippen LogP contribution in [0.2, 0.25) is 0 Å². The lowest BCUT2D eigenvalue weighted by atomic mass is 9.98. The molecule has 2 fully saturated rings. The molecule has 14 nitrogen and oxygen atoms in total. The summed E-state index contributed by atoms with van der Waals surface area (Å²) in [4.78, 5) is 11.1. The van der Waals surface area contributed by atoms with Crippen LogP contribution in [0.3, 0.4) is 0 Å². The Morgan fingerprint density at radius 2 is 1.32 bits per heavy atom.